The van der Waals surface area contributed by atoms with Crippen LogP contribution in [0.5, 0.6) is 5.75 Å². The zero-order valence-electron chi connectivity index (χ0n) is 15.8. The van der Waals surface area contributed by atoms with E-state index in [1.165, 1.54) is 25.0 Å². The maximum Gasteiger partial charge on any atom is 0.238 e. The van der Waals surface area contributed by atoms with E-state index in [4.69, 9.17) is 9.88 Å². The van der Waals surface area contributed by atoms with Gasteiger partial charge in [0.1, 0.15) is 11.8 Å². The lowest BCUT2D eigenvalue weighted by atomic mass is 10.0. The predicted molar refractivity (Wildman–Crippen MR) is 108 cm³/mol. The molecule has 3 rings (SSSR count). The van der Waals surface area contributed by atoms with Gasteiger partial charge in [-0.1, -0.05) is 12.1 Å². The SMILES string of the molecule is COc1ccc(C(CNc2ccc(S(N)(=O)=O)cc2C#N)N2CCCC2)cc1. The molecule has 148 valence electrons. The Labute approximate surface area is 165 Å². The normalized spacial score (nSPS) is 15.8. The number of nitrogens with zero attached hydrogens (tertiary/aromatic N) is 2. The van der Waals surface area contributed by atoms with Gasteiger partial charge in [0.05, 0.1) is 29.3 Å². The molecular formula is C20H24N4O3S. The average Bonchev–Trinajstić information content (AvgIpc) is 3.22. The Hall–Kier alpha value is -2.60. The summed E-state index contributed by atoms with van der Waals surface area (Å²) in [5, 5.41) is 17.9. The molecule has 1 aliphatic rings. The van der Waals surface area contributed by atoms with E-state index >= 15 is 0 Å². The molecule has 1 atom stereocenters. The van der Waals surface area contributed by atoms with E-state index < -0.39 is 10.0 Å². The minimum absolute atomic E-state index is 0.0687. The monoisotopic (exact) mass is 400 g/mol. The van der Waals surface area contributed by atoms with Crippen LogP contribution in [0, 0.1) is 11.3 Å². The molecule has 1 aliphatic heterocycles. The van der Waals surface area contributed by atoms with Crippen LogP contribution in [0.25, 0.3) is 0 Å². The molecule has 0 saturated carbocycles. The molecule has 0 spiro atoms. The number of likely N-dealkylation sites (tertiary alicyclic amines) is 1. The van der Waals surface area contributed by atoms with Crippen LogP contribution in [-0.4, -0.2) is 40.1 Å². The quantitative estimate of drug-likeness (QED) is 0.739. The number of nitriles is 1. The molecule has 2 aromatic rings. The largest absolute Gasteiger partial charge is 0.497 e. The molecule has 1 unspecified atom stereocenters. The molecule has 2 aromatic carbocycles. The summed E-state index contributed by atoms with van der Waals surface area (Å²) in [5.41, 5.74) is 2.00. The number of methoxy groups -OCH3 is 1. The van der Waals surface area contributed by atoms with Gasteiger partial charge in [0.2, 0.25) is 10.0 Å². The van der Waals surface area contributed by atoms with Crippen molar-refractivity contribution in [2.75, 3.05) is 32.1 Å². The van der Waals surface area contributed by atoms with Gasteiger partial charge in [-0.15, -0.1) is 0 Å². The summed E-state index contributed by atoms with van der Waals surface area (Å²) in [6.07, 6.45) is 2.33. The highest BCUT2D eigenvalue weighted by Crippen LogP contribution is 2.28. The molecular weight excluding hydrogens is 376 g/mol. The van der Waals surface area contributed by atoms with Gasteiger partial charge in [0.15, 0.2) is 0 Å². The van der Waals surface area contributed by atoms with Crippen molar-refractivity contribution < 1.29 is 13.2 Å². The first-order valence-electron chi connectivity index (χ1n) is 9.11. The van der Waals surface area contributed by atoms with Gasteiger partial charge in [-0.2, -0.15) is 5.26 Å². The van der Waals surface area contributed by atoms with E-state index in [2.05, 4.69) is 22.3 Å². The fourth-order valence-corrected chi connectivity index (χ4v) is 4.03. The van der Waals surface area contributed by atoms with Crippen molar-refractivity contribution in [3.05, 3.63) is 53.6 Å². The number of benzene rings is 2. The molecule has 0 aromatic heterocycles. The minimum Gasteiger partial charge on any atom is -0.497 e. The zero-order chi connectivity index (χ0) is 20.1. The zero-order valence-corrected chi connectivity index (χ0v) is 16.6. The van der Waals surface area contributed by atoms with Crippen molar-refractivity contribution in [2.24, 2.45) is 5.14 Å². The van der Waals surface area contributed by atoms with Gasteiger partial charge in [0.25, 0.3) is 0 Å². The number of sulfonamides is 1. The number of rotatable bonds is 7. The summed E-state index contributed by atoms with van der Waals surface area (Å²) in [6.45, 7) is 2.64. The van der Waals surface area contributed by atoms with E-state index in [9.17, 15) is 13.7 Å². The molecule has 1 fully saturated rings. The third kappa shape index (κ3) is 4.62. The number of ether oxygens (including phenoxy) is 1. The van der Waals surface area contributed by atoms with Gasteiger partial charge in [0, 0.05) is 6.54 Å². The fraction of sp³-hybridized carbons (Fsp3) is 0.350. The number of nitrogens with one attached hydrogen (secondary N) is 1. The number of nitrogens with two attached hydrogens (primary N) is 1. The fourth-order valence-electron chi connectivity index (χ4n) is 3.49. The van der Waals surface area contributed by atoms with Crippen LogP contribution in [0.15, 0.2) is 47.4 Å². The Morgan fingerprint density at radius 2 is 1.89 bits per heavy atom. The lowest BCUT2D eigenvalue weighted by Crippen LogP contribution is -2.31. The van der Waals surface area contributed by atoms with Crippen molar-refractivity contribution >= 4 is 15.7 Å². The second-order valence-corrected chi connectivity index (χ2v) is 8.34. The van der Waals surface area contributed by atoms with E-state index in [1.54, 1.807) is 13.2 Å². The summed E-state index contributed by atoms with van der Waals surface area (Å²) >= 11 is 0. The standard InChI is InChI=1S/C20H24N4O3S/c1-27-17-6-4-15(5-7-17)20(24-10-2-3-11-24)14-23-19-9-8-18(28(22,25)26)12-16(19)13-21/h4-9,12,20,23H,2-3,10-11,14H2,1H3,(H2,22,25,26). The molecule has 7 nitrogen and oxygen atoms in total. The van der Waals surface area contributed by atoms with Crippen LogP contribution in [0.3, 0.4) is 0 Å². The lowest BCUT2D eigenvalue weighted by molar-refractivity contribution is 0.256. The minimum atomic E-state index is -3.85. The maximum atomic E-state index is 11.5. The third-order valence-corrected chi connectivity index (χ3v) is 5.92. The van der Waals surface area contributed by atoms with Gasteiger partial charge in [-0.05, 0) is 61.8 Å². The first-order valence-corrected chi connectivity index (χ1v) is 10.7. The summed E-state index contributed by atoms with van der Waals surface area (Å²) in [4.78, 5) is 2.35. The Kier molecular flexibility index (Phi) is 6.19. The molecule has 28 heavy (non-hydrogen) atoms. The first-order chi connectivity index (χ1) is 13.4. The Bertz CT molecular complexity index is 962. The summed E-state index contributed by atoms with van der Waals surface area (Å²) in [7, 11) is -2.20. The molecule has 0 amide bonds. The van der Waals surface area contributed by atoms with E-state index in [0.717, 1.165) is 24.4 Å². The van der Waals surface area contributed by atoms with Crippen LogP contribution in [-0.2, 0) is 10.0 Å². The highest BCUT2D eigenvalue weighted by atomic mass is 32.2. The summed E-state index contributed by atoms with van der Waals surface area (Å²) in [6, 6.07) is 14.5. The van der Waals surface area contributed by atoms with Crippen LogP contribution in [0.1, 0.15) is 30.0 Å². The first kappa shape index (κ1) is 20.1. The number of hydrogen-bond acceptors (Lipinski definition) is 6. The molecule has 3 N–H and O–H groups in total. The van der Waals surface area contributed by atoms with Gasteiger partial charge in [-0.3, -0.25) is 4.90 Å². The van der Waals surface area contributed by atoms with Crippen LogP contribution >= 0.6 is 0 Å². The van der Waals surface area contributed by atoms with Crippen molar-refractivity contribution in [1.82, 2.24) is 4.90 Å². The van der Waals surface area contributed by atoms with Crippen LogP contribution < -0.4 is 15.2 Å². The molecule has 8 heteroatoms. The van der Waals surface area contributed by atoms with Gasteiger partial charge < -0.3 is 10.1 Å². The molecule has 1 heterocycles. The van der Waals surface area contributed by atoms with Crippen molar-refractivity contribution in [1.29, 1.82) is 5.26 Å². The maximum absolute atomic E-state index is 11.5. The van der Waals surface area contributed by atoms with E-state index in [-0.39, 0.29) is 16.5 Å². The van der Waals surface area contributed by atoms with Crippen molar-refractivity contribution in [3.8, 4) is 11.8 Å². The third-order valence-electron chi connectivity index (χ3n) is 5.01. The Morgan fingerprint density at radius 3 is 2.46 bits per heavy atom. The smallest absolute Gasteiger partial charge is 0.238 e. The Morgan fingerprint density at radius 1 is 1.21 bits per heavy atom. The van der Waals surface area contributed by atoms with Crippen LogP contribution in [0.2, 0.25) is 0 Å². The highest BCUT2D eigenvalue weighted by Gasteiger charge is 2.24. The number of hydrogen-bond donors (Lipinski definition) is 2. The highest BCUT2D eigenvalue weighted by molar-refractivity contribution is 7.89. The summed E-state index contributed by atoms with van der Waals surface area (Å²) in [5.74, 6) is 0.808. The van der Waals surface area contributed by atoms with Gasteiger partial charge >= 0.3 is 0 Å². The second kappa shape index (κ2) is 8.61. The second-order valence-electron chi connectivity index (χ2n) is 6.78. The summed E-state index contributed by atoms with van der Waals surface area (Å²) < 4.78 is 28.3. The van der Waals surface area contributed by atoms with E-state index in [0.29, 0.717) is 12.2 Å². The Balaban J connectivity index is 1.82. The lowest BCUT2D eigenvalue weighted by Gasteiger charge is -2.29. The molecule has 1 saturated heterocycles. The van der Waals surface area contributed by atoms with Gasteiger partial charge in [-0.25, -0.2) is 13.6 Å². The van der Waals surface area contributed by atoms with Crippen LogP contribution in [0.4, 0.5) is 5.69 Å². The molecule has 0 aliphatic carbocycles. The topological polar surface area (TPSA) is 108 Å². The van der Waals surface area contributed by atoms with E-state index in [1.807, 2.05) is 18.2 Å². The molecule has 0 bridgehead atoms. The predicted octanol–water partition coefficient (Wildman–Crippen LogP) is 2.46. The number of anilines is 1. The number of primary sulfonamides is 1. The van der Waals surface area contributed by atoms with Crippen molar-refractivity contribution in [3.63, 3.8) is 0 Å². The van der Waals surface area contributed by atoms with Crippen molar-refractivity contribution in [2.45, 2.75) is 23.8 Å². The average molecular weight is 401 g/mol. The molecule has 0 radical (unpaired) electrons.